The number of nitrogens with zero attached hydrogens (tertiary/aromatic N) is 1. The summed E-state index contributed by atoms with van der Waals surface area (Å²) in [5.41, 5.74) is 6.26. The molecule has 0 spiro atoms. The van der Waals surface area contributed by atoms with Gasteiger partial charge in [0.25, 0.3) is 0 Å². The average molecular weight is 277 g/mol. The molecule has 3 heteroatoms. The van der Waals surface area contributed by atoms with Crippen LogP contribution in [0.15, 0.2) is 21.6 Å². The highest BCUT2D eigenvalue weighted by Gasteiger charge is 2.17. The Hall–Kier alpha value is -1.09. The lowest BCUT2D eigenvalue weighted by atomic mass is 10.0. The summed E-state index contributed by atoms with van der Waals surface area (Å²) in [5, 5.41) is 1.34. The van der Waals surface area contributed by atoms with Crippen LogP contribution in [0, 0.1) is 6.92 Å². The molecule has 0 saturated carbocycles. The number of aryl methyl sites for hydroxylation is 1. The minimum atomic E-state index is 0.914. The Morgan fingerprint density at radius 1 is 1.31 bits per heavy atom. The fourth-order valence-electron chi connectivity index (χ4n) is 2.43. The summed E-state index contributed by atoms with van der Waals surface area (Å²) in [6.45, 7) is 5.12. The number of nitrogens with one attached hydrogen (secondary N) is 1. The lowest BCUT2D eigenvalue weighted by Gasteiger charge is -2.09. The van der Waals surface area contributed by atoms with Crippen molar-refractivity contribution in [2.45, 2.75) is 20.3 Å². The van der Waals surface area contributed by atoms with E-state index >= 15 is 0 Å². The van der Waals surface area contributed by atoms with Crippen LogP contribution in [0.4, 0.5) is 0 Å². The standard InChI is InChI=1S/C13H13BrN2/c1-7-5-10-9-3-4-15-8(2)12(9)16-13(10)11(14)6-7/h5-6,16H,3-4H2,1-2H3. The summed E-state index contributed by atoms with van der Waals surface area (Å²) in [6.07, 6.45) is 1.04. The average Bonchev–Trinajstić information content (AvgIpc) is 2.59. The molecule has 0 atom stereocenters. The highest BCUT2D eigenvalue weighted by atomic mass is 79.9. The van der Waals surface area contributed by atoms with Gasteiger partial charge in [0.05, 0.1) is 16.9 Å². The van der Waals surface area contributed by atoms with E-state index in [1.807, 2.05) is 0 Å². The molecule has 0 saturated heterocycles. The van der Waals surface area contributed by atoms with Crippen LogP contribution in [-0.4, -0.2) is 17.2 Å². The van der Waals surface area contributed by atoms with Crippen molar-refractivity contribution >= 4 is 32.5 Å². The molecular weight excluding hydrogens is 264 g/mol. The lowest BCUT2D eigenvalue weighted by Crippen LogP contribution is -2.08. The Morgan fingerprint density at radius 3 is 2.94 bits per heavy atom. The molecule has 82 valence electrons. The van der Waals surface area contributed by atoms with Gasteiger partial charge in [-0.05, 0) is 59.5 Å². The SMILES string of the molecule is CC1=NCCc2c1[nH]c1c(Br)cc(C)cc21. The maximum Gasteiger partial charge on any atom is 0.0635 e. The first kappa shape index (κ1) is 10.1. The van der Waals surface area contributed by atoms with Crippen LogP contribution in [-0.2, 0) is 6.42 Å². The van der Waals surface area contributed by atoms with E-state index in [1.54, 1.807) is 0 Å². The van der Waals surface area contributed by atoms with Crippen LogP contribution < -0.4 is 0 Å². The Kier molecular flexibility index (Phi) is 2.18. The van der Waals surface area contributed by atoms with Gasteiger partial charge in [-0.3, -0.25) is 4.99 Å². The van der Waals surface area contributed by atoms with Crippen LogP contribution in [0.1, 0.15) is 23.7 Å². The molecule has 1 N–H and O–H groups in total. The second-order valence-corrected chi connectivity index (χ2v) is 5.22. The quantitative estimate of drug-likeness (QED) is 0.762. The summed E-state index contributed by atoms with van der Waals surface area (Å²) in [5.74, 6) is 0. The number of fused-ring (bicyclic) bond motifs is 3. The Morgan fingerprint density at radius 2 is 2.12 bits per heavy atom. The summed E-state index contributed by atoms with van der Waals surface area (Å²) in [6, 6.07) is 4.41. The van der Waals surface area contributed by atoms with E-state index in [9.17, 15) is 0 Å². The highest BCUT2D eigenvalue weighted by molar-refractivity contribution is 9.10. The number of aromatic nitrogens is 1. The second kappa shape index (κ2) is 3.45. The van der Waals surface area contributed by atoms with Crippen LogP contribution >= 0.6 is 15.9 Å². The van der Waals surface area contributed by atoms with Gasteiger partial charge in [-0.15, -0.1) is 0 Å². The molecule has 0 radical (unpaired) electrons. The summed E-state index contributed by atoms with van der Waals surface area (Å²) in [4.78, 5) is 7.97. The van der Waals surface area contributed by atoms with Crippen molar-refractivity contribution < 1.29 is 0 Å². The number of benzene rings is 1. The molecule has 1 aliphatic heterocycles. The fraction of sp³-hybridized carbons (Fsp3) is 0.308. The van der Waals surface area contributed by atoms with E-state index in [0.717, 1.165) is 23.1 Å². The largest absolute Gasteiger partial charge is 0.352 e. The minimum absolute atomic E-state index is 0.914. The monoisotopic (exact) mass is 276 g/mol. The fourth-order valence-corrected chi connectivity index (χ4v) is 3.10. The second-order valence-electron chi connectivity index (χ2n) is 4.36. The van der Waals surface area contributed by atoms with Gasteiger partial charge in [-0.2, -0.15) is 0 Å². The molecule has 2 nitrogen and oxygen atoms in total. The van der Waals surface area contributed by atoms with E-state index in [-0.39, 0.29) is 0 Å². The zero-order chi connectivity index (χ0) is 11.3. The number of hydrogen-bond donors (Lipinski definition) is 1. The van der Waals surface area contributed by atoms with Gasteiger partial charge < -0.3 is 4.98 Å². The van der Waals surface area contributed by atoms with Crippen molar-refractivity contribution in [3.8, 4) is 0 Å². The number of hydrogen-bond acceptors (Lipinski definition) is 1. The van der Waals surface area contributed by atoms with Crippen molar-refractivity contribution in [3.05, 3.63) is 33.4 Å². The van der Waals surface area contributed by atoms with E-state index < -0.39 is 0 Å². The molecule has 2 heterocycles. The van der Waals surface area contributed by atoms with Gasteiger partial charge in [-0.1, -0.05) is 0 Å². The zero-order valence-electron chi connectivity index (χ0n) is 9.39. The van der Waals surface area contributed by atoms with E-state index in [4.69, 9.17) is 0 Å². The van der Waals surface area contributed by atoms with Crippen molar-refractivity contribution in [3.63, 3.8) is 0 Å². The third kappa shape index (κ3) is 1.34. The van der Waals surface area contributed by atoms with Gasteiger partial charge in [-0.25, -0.2) is 0 Å². The molecule has 1 aromatic heterocycles. The summed E-state index contributed by atoms with van der Waals surface area (Å²) >= 11 is 3.62. The zero-order valence-corrected chi connectivity index (χ0v) is 11.0. The molecule has 1 aromatic carbocycles. The first-order valence-corrected chi connectivity index (χ1v) is 6.28. The first-order chi connectivity index (χ1) is 7.66. The molecule has 0 bridgehead atoms. The molecular formula is C13H13BrN2. The molecule has 0 amide bonds. The van der Waals surface area contributed by atoms with E-state index in [2.05, 4.69) is 51.9 Å². The normalized spacial score (nSPS) is 15.1. The Labute approximate surface area is 103 Å². The molecule has 0 unspecified atom stereocenters. The Balaban J connectivity index is 2.42. The lowest BCUT2D eigenvalue weighted by molar-refractivity contribution is 0.945. The molecule has 1 aliphatic rings. The van der Waals surface area contributed by atoms with Crippen LogP contribution in [0.25, 0.3) is 10.9 Å². The minimum Gasteiger partial charge on any atom is -0.352 e. The van der Waals surface area contributed by atoms with Crippen molar-refractivity contribution in [1.82, 2.24) is 4.98 Å². The van der Waals surface area contributed by atoms with E-state index in [0.29, 0.717) is 0 Å². The predicted octanol–water partition coefficient (Wildman–Crippen LogP) is 3.60. The maximum absolute atomic E-state index is 4.49. The third-order valence-electron chi connectivity index (χ3n) is 3.18. The van der Waals surface area contributed by atoms with Gasteiger partial charge >= 0.3 is 0 Å². The number of halogens is 1. The van der Waals surface area contributed by atoms with Crippen LogP contribution in [0.2, 0.25) is 0 Å². The van der Waals surface area contributed by atoms with Crippen LogP contribution in [0.5, 0.6) is 0 Å². The molecule has 3 rings (SSSR count). The number of aliphatic imine (C=N–C) groups is 1. The number of H-pyrrole nitrogens is 1. The van der Waals surface area contributed by atoms with Gasteiger partial charge in [0.2, 0.25) is 0 Å². The predicted molar refractivity (Wildman–Crippen MR) is 71.5 cm³/mol. The number of aromatic amines is 1. The summed E-state index contributed by atoms with van der Waals surface area (Å²) in [7, 11) is 0. The third-order valence-corrected chi connectivity index (χ3v) is 3.81. The number of rotatable bonds is 0. The molecule has 16 heavy (non-hydrogen) atoms. The molecule has 0 fully saturated rings. The highest BCUT2D eigenvalue weighted by Crippen LogP contribution is 2.31. The van der Waals surface area contributed by atoms with Gasteiger partial charge in [0.15, 0.2) is 0 Å². The smallest absolute Gasteiger partial charge is 0.0635 e. The van der Waals surface area contributed by atoms with Crippen molar-refractivity contribution in [2.24, 2.45) is 4.99 Å². The van der Waals surface area contributed by atoms with E-state index in [1.165, 1.54) is 27.7 Å². The Bertz CT molecular complexity index is 608. The molecule has 2 aromatic rings. The van der Waals surface area contributed by atoms with Crippen molar-refractivity contribution in [2.75, 3.05) is 6.54 Å². The topological polar surface area (TPSA) is 28.1 Å². The van der Waals surface area contributed by atoms with Gasteiger partial charge in [0, 0.05) is 16.4 Å². The molecule has 0 aliphatic carbocycles. The maximum atomic E-state index is 4.49. The van der Waals surface area contributed by atoms with Gasteiger partial charge in [0.1, 0.15) is 0 Å². The van der Waals surface area contributed by atoms with Crippen molar-refractivity contribution in [1.29, 1.82) is 0 Å². The first-order valence-electron chi connectivity index (χ1n) is 5.49. The summed E-state index contributed by atoms with van der Waals surface area (Å²) < 4.78 is 1.14. The van der Waals surface area contributed by atoms with Crippen LogP contribution in [0.3, 0.4) is 0 Å².